The molecule has 2 aromatic carbocycles. The van der Waals surface area contributed by atoms with Gasteiger partial charge in [0.2, 0.25) is 11.5 Å². The van der Waals surface area contributed by atoms with Crippen LogP contribution in [0.5, 0.6) is 0 Å². The topological polar surface area (TPSA) is 135 Å². The lowest BCUT2D eigenvalue weighted by molar-refractivity contribution is -0.137. The van der Waals surface area contributed by atoms with E-state index >= 15 is 0 Å². The third kappa shape index (κ3) is 4.54. The van der Waals surface area contributed by atoms with Gasteiger partial charge in [0.05, 0.1) is 0 Å². The SMILES string of the molecule is CCCN(CC(=O)O)C(=O)c1nonc1NC(=O)OCC1c2ccccc2-c2ccccc21. The summed E-state index contributed by atoms with van der Waals surface area (Å²) in [7, 11) is 0. The third-order valence-electron chi connectivity index (χ3n) is 5.36. The molecule has 3 aromatic rings. The first-order chi connectivity index (χ1) is 16.0. The monoisotopic (exact) mass is 450 g/mol. The smallest absolute Gasteiger partial charge is 0.412 e. The number of aromatic nitrogens is 2. The quantitative estimate of drug-likeness (QED) is 0.533. The number of hydrogen-bond acceptors (Lipinski definition) is 7. The molecule has 1 aliphatic rings. The number of ether oxygens (including phenoxy) is 1. The molecule has 0 unspecified atom stereocenters. The molecule has 2 N–H and O–H groups in total. The van der Waals surface area contributed by atoms with Gasteiger partial charge in [-0.1, -0.05) is 55.5 Å². The lowest BCUT2D eigenvalue weighted by atomic mass is 9.98. The van der Waals surface area contributed by atoms with Crippen molar-refractivity contribution >= 4 is 23.8 Å². The van der Waals surface area contributed by atoms with Crippen molar-refractivity contribution in [3.05, 3.63) is 65.4 Å². The second-order valence-electron chi connectivity index (χ2n) is 7.53. The van der Waals surface area contributed by atoms with Crippen LogP contribution in [0.4, 0.5) is 10.6 Å². The fraction of sp³-hybridized carbons (Fsp3) is 0.261. The first-order valence-electron chi connectivity index (χ1n) is 10.4. The van der Waals surface area contributed by atoms with Crippen LogP contribution in [0.1, 0.15) is 40.9 Å². The molecule has 2 amide bonds. The summed E-state index contributed by atoms with van der Waals surface area (Å²) in [5.41, 5.74) is 4.04. The Balaban J connectivity index is 1.44. The van der Waals surface area contributed by atoms with Crippen molar-refractivity contribution in [1.29, 1.82) is 0 Å². The van der Waals surface area contributed by atoms with Gasteiger partial charge in [-0.05, 0) is 39.0 Å². The summed E-state index contributed by atoms with van der Waals surface area (Å²) in [5, 5.41) is 18.5. The maximum absolute atomic E-state index is 12.7. The van der Waals surface area contributed by atoms with Crippen LogP contribution in [0.25, 0.3) is 11.1 Å². The second-order valence-corrected chi connectivity index (χ2v) is 7.53. The molecule has 170 valence electrons. The zero-order chi connectivity index (χ0) is 23.4. The Labute approximate surface area is 189 Å². The molecule has 0 atom stereocenters. The molecule has 0 fully saturated rings. The van der Waals surface area contributed by atoms with Gasteiger partial charge in [0.25, 0.3) is 5.91 Å². The van der Waals surface area contributed by atoms with Gasteiger partial charge in [-0.2, -0.15) is 0 Å². The molecule has 10 nitrogen and oxygen atoms in total. The number of carbonyl (C=O) groups excluding carboxylic acids is 2. The largest absolute Gasteiger partial charge is 0.480 e. The Morgan fingerprint density at radius 2 is 1.70 bits per heavy atom. The Kier molecular flexibility index (Phi) is 6.34. The van der Waals surface area contributed by atoms with Crippen LogP contribution < -0.4 is 5.32 Å². The van der Waals surface area contributed by atoms with Crippen molar-refractivity contribution in [1.82, 2.24) is 15.2 Å². The van der Waals surface area contributed by atoms with Crippen LogP contribution in [-0.2, 0) is 9.53 Å². The zero-order valence-electron chi connectivity index (χ0n) is 17.9. The van der Waals surface area contributed by atoms with E-state index in [0.29, 0.717) is 6.42 Å². The normalized spacial score (nSPS) is 12.0. The van der Waals surface area contributed by atoms with Crippen LogP contribution in [-0.4, -0.2) is 58.0 Å². The van der Waals surface area contributed by atoms with E-state index in [2.05, 4.69) is 20.3 Å². The minimum Gasteiger partial charge on any atom is -0.480 e. The van der Waals surface area contributed by atoms with Gasteiger partial charge < -0.3 is 14.7 Å². The molecule has 0 aliphatic heterocycles. The van der Waals surface area contributed by atoms with Gasteiger partial charge in [0.15, 0.2) is 0 Å². The number of anilines is 1. The number of fused-ring (bicyclic) bond motifs is 3. The average Bonchev–Trinajstić information content (AvgIpc) is 3.39. The Hall–Kier alpha value is -4.21. The average molecular weight is 450 g/mol. The highest BCUT2D eigenvalue weighted by Gasteiger charge is 2.30. The zero-order valence-corrected chi connectivity index (χ0v) is 17.9. The summed E-state index contributed by atoms with van der Waals surface area (Å²) < 4.78 is 10.0. The van der Waals surface area contributed by atoms with Gasteiger partial charge in [-0.3, -0.25) is 14.9 Å². The molecule has 0 radical (unpaired) electrons. The number of nitrogens with one attached hydrogen (secondary N) is 1. The van der Waals surface area contributed by atoms with Crippen molar-refractivity contribution in [2.45, 2.75) is 19.3 Å². The van der Waals surface area contributed by atoms with E-state index in [0.717, 1.165) is 27.2 Å². The predicted molar refractivity (Wildman–Crippen MR) is 117 cm³/mol. The van der Waals surface area contributed by atoms with E-state index in [9.17, 15) is 14.4 Å². The summed E-state index contributed by atoms with van der Waals surface area (Å²) in [4.78, 5) is 37.3. The van der Waals surface area contributed by atoms with Crippen LogP contribution in [0.15, 0.2) is 53.2 Å². The molecule has 33 heavy (non-hydrogen) atoms. The molecule has 0 spiro atoms. The van der Waals surface area contributed by atoms with Crippen molar-refractivity contribution in [2.24, 2.45) is 0 Å². The molecule has 4 rings (SSSR count). The standard InChI is InChI=1S/C23H22N4O6/c1-2-11-27(12-19(28)29)22(30)20-21(26-33-25-20)24-23(31)32-13-18-16-9-5-3-7-14(16)15-8-4-6-10-17(15)18/h3-10,18H,2,11-13H2,1H3,(H,28,29)(H,24,26,31). The van der Waals surface area contributed by atoms with E-state index in [-0.39, 0.29) is 30.6 Å². The van der Waals surface area contributed by atoms with E-state index in [1.165, 1.54) is 0 Å². The van der Waals surface area contributed by atoms with Gasteiger partial charge in [0.1, 0.15) is 13.2 Å². The van der Waals surface area contributed by atoms with Crippen molar-refractivity contribution < 1.29 is 28.9 Å². The van der Waals surface area contributed by atoms with Gasteiger partial charge in [-0.15, -0.1) is 0 Å². The molecule has 0 saturated heterocycles. The summed E-state index contributed by atoms with van der Waals surface area (Å²) in [6.07, 6.45) is -0.290. The third-order valence-corrected chi connectivity index (χ3v) is 5.36. The summed E-state index contributed by atoms with van der Waals surface area (Å²) in [6, 6.07) is 15.9. The number of nitrogens with zero attached hydrogens (tertiary/aromatic N) is 3. The first kappa shape index (κ1) is 22.0. The fourth-order valence-corrected chi connectivity index (χ4v) is 3.98. The highest BCUT2D eigenvalue weighted by Crippen LogP contribution is 2.44. The molecule has 10 heteroatoms. The highest BCUT2D eigenvalue weighted by atomic mass is 16.6. The minimum atomic E-state index is -1.17. The maximum Gasteiger partial charge on any atom is 0.412 e. The summed E-state index contributed by atoms with van der Waals surface area (Å²) in [5.74, 6) is -2.24. The lowest BCUT2D eigenvalue weighted by Crippen LogP contribution is -2.37. The number of carboxylic acids is 1. The maximum atomic E-state index is 12.7. The van der Waals surface area contributed by atoms with Gasteiger partial charge in [0, 0.05) is 12.5 Å². The summed E-state index contributed by atoms with van der Waals surface area (Å²) in [6.45, 7) is 1.57. The van der Waals surface area contributed by atoms with E-state index < -0.39 is 24.5 Å². The number of benzene rings is 2. The number of rotatable bonds is 8. The summed E-state index contributed by atoms with van der Waals surface area (Å²) >= 11 is 0. The second kappa shape index (κ2) is 9.51. The van der Waals surface area contributed by atoms with E-state index in [4.69, 9.17) is 9.84 Å². The van der Waals surface area contributed by atoms with Crippen LogP contribution >= 0.6 is 0 Å². The van der Waals surface area contributed by atoms with Crippen LogP contribution in [0.3, 0.4) is 0 Å². The molecule has 0 bridgehead atoms. The fourth-order valence-electron chi connectivity index (χ4n) is 3.98. The Morgan fingerprint density at radius 3 is 2.30 bits per heavy atom. The molecule has 0 saturated carbocycles. The van der Waals surface area contributed by atoms with Crippen molar-refractivity contribution in [3.8, 4) is 11.1 Å². The Bertz CT molecular complexity index is 1150. The Morgan fingerprint density at radius 1 is 1.06 bits per heavy atom. The van der Waals surface area contributed by atoms with Crippen molar-refractivity contribution in [3.63, 3.8) is 0 Å². The number of carbonyl (C=O) groups is 3. The number of carboxylic acid groups (broad SMARTS) is 1. The molecule has 1 heterocycles. The number of hydrogen-bond donors (Lipinski definition) is 2. The number of aliphatic carboxylic acids is 1. The van der Waals surface area contributed by atoms with E-state index in [1.54, 1.807) is 6.92 Å². The van der Waals surface area contributed by atoms with Gasteiger partial charge >= 0.3 is 12.1 Å². The van der Waals surface area contributed by atoms with Crippen LogP contribution in [0.2, 0.25) is 0 Å². The number of amides is 2. The molecule has 1 aromatic heterocycles. The molecular formula is C23H22N4O6. The highest BCUT2D eigenvalue weighted by molar-refractivity contribution is 6.00. The van der Waals surface area contributed by atoms with Crippen molar-refractivity contribution in [2.75, 3.05) is 25.0 Å². The molecular weight excluding hydrogens is 428 g/mol. The van der Waals surface area contributed by atoms with E-state index in [1.807, 2.05) is 48.5 Å². The molecule has 1 aliphatic carbocycles. The van der Waals surface area contributed by atoms with Gasteiger partial charge in [-0.25, -0.2) is 9.42 Å². The first-order valence-corrected chi connectivity index (χ1v) is 10.4. The van der Waals surface area contributed by atoms with Crippen LogP contribution in [0, 0.1) is 0 Å². The minimum absolute atomic E-state index is 0.0788. The predicted octanol–water partition coefficient (Wildman–Crippen LogP) is 3.37. The lowest BCUT2D eigenvalue weighted by Gasteiger charge is -2.18.